The topological polar surface area (TPSA) is 118 Å². The number of hydrogen-bond acceptors (Lipinski definition) is 10. The highest BCUT2D eigenvalue weighted by atomic mass is 35.5. The third-order valence-electron chi connectivity index (χ3n) is 10.9. The Hall–Kier alpha value is -3.88. The van der Waals surface area contributed by atoms with Crippen molar-refractivity contribution in [3.63, 3.8) is 0 Å². The number of nitrogens with two attached hydrogens (primary N) is 1. The number of nitrogens with zero attached hydrogens (tertiary/aromatic N) is 7. The van der Waals surface area contributed by atoms with Crippen molar-refractivity contribution in [2.75, 3.05) is 50.0 Å². The van der Waals surface area contributed by atoms with Gasteiger partial charge < -0.3 is 15.4 Å². The lowest BCUT2D eigenvalue weighted by molar-refractivity contribution is 0.107. The Morgan fingerprint density at radius 1 is 1.14 bits per heavy atom. The largest absolute Gasteiger partial charge is 0.461 e. The summed E-state index contributed by atoms with van der Waals surface area (Å²) in [6, 6.07) is 9.02. The third-order valence-corrected chi connectivity index (χ3v) is 12.2. The van der Waals surface area contributed by atoms with Crippen molar-refractivity contribution < 1.29 is 17.9 Å². The maximum atomic E-state index is 17.1. The average molecular weight is 707 g/mol. The van der Waals surface area contributed by atoms with Gasteiger partial charge in [-0.2, -0.15) is 20.5 Å². The van der Waals surface area contributed by atoms with Gasteiger partial charge in [0.1, 0.15) is 41.0 Å². The average Bonchev–Trinajstić information content (AvgIpc) is 3.78. The molecule has 0 amide bonds. The van der Waals surface area contributed by atoms with Crippen LogP contribution in [-0.2, 0) is 0 Å². The Labute approximate surface area is 290 Å². The van der Waals surface area contributed by atoms with Crippen LogP contribution >= 0.6 is 22.9 Å². The van der Waals surface area contributed by atoms with Crippen LogP contribution < -0.4 is 15.4 Å². The standard InChI is InChI=1S/C35H34ClF3N8OS/c36-25-12-23-30(29(39)28(25)22-6-7-26(38)31-27(22)24(14-41)32(42)49-31)43-34(48-18-35-8-3-10-46(35)15-19(37)13-35)44-33(23)45-16-20-4-5-21(17-45)47(20)11-2-1-9-40/h6-7,12,19-21H,1-5,8,10-11,13,15-18,42H2/t19-,20-,21+,35+/m1/s1. The summed E-state index contributed by atoms with van der Waals surface area (Å²) in [6.07, 6.45) is 4.50. The SMILES string of the molecule is N#CCCCN1[C@@H]2CC[C@H]1CN(c1nc(OC[C@@]34CCCN3C[C@H](F)C4)nc3c(F)c(-c4ccc(F)c5sc(N)c(C#N)c45)c(Cl)cc13)C2. The molecule has 0 saturated carbocycles. The van der Waals surface area contributed by atoms with Gasteiger partial charge in [0.05, 0.1) is 26.9 Å². The van der Waals surface area contributed by atoms with E-state index in [1.54, 1.807) is 6.07 Å². The summed E-state index contributed by atoms with van der Waals surface area (Å²) in [7, 11) is 0. The number of hydrogen-bond donors (Lipinski definition) is 1. The van der Waals surface area contributed by atoms with Crippen LogP contribution in [0.25, 0.3) is 32.1 Å². The van der Waals surface area contributed by atoms with Gasteiger partial charge in [-0.25, -0.2) is 13.2 Å². The van der Waals surface area contributed by atoms with Crippen molar-refractivity contribution in [3.05, 3.63) is 40.4 Å². The molecular weight excluding hydrogens is 673 g/mol. The second-order valence-corrected chi connectivity index (χ2v) is 15.1. The number of rotatable bonds is 8. The molecule has 4 atom stereocenters. The smallest absolute Gasteiger partial charge is 0.319 e. The molecule has 2 bridgehead atoms. The van der Waals surface area contributed by atoms with Gasteiger partial charge >= 0.3 is 6.01 Å². The fourth-order valence-corrected chi connectivity index (χ4v) is 9.98. The molecule has 0 unspecified atom stereocenters. The molecule has 0 spiro atoms. The second-order valence-electron chi connectivity index (χ2n) is 13.7. The first-order valence-corrected chi connectivity index (χ1v) is 17.9. The number of thiophene rings is 1. The molecule has 6 heterocycles. The first kappa shape index (κ1) is 32.3. The minimum Gasteiger partial charge on any atom is -0.461 e. The van der Waals surface area contributed by atoms with Crippen molar-refractivity contribution >= 4 is 54.7 Å². The predicted octanol–water partition coefficient (Wildman–Crippen LogP) is 6.81. The molecule has 2 aromatic carbocycles. The fourth-order valence-electron chi connectivity index (χ4n) is 8.74. The number of ether oxygens (including phenoxy) is 1. The maximum absolute atomic E-state index is 17.1. The normalized spacial score (nSPS) is 25.3. The van der Waals surface area contributed by atoms with E-state index in [2.05, 4.69) is 25.8 Å². The van der Waals surface area contributed by atoms with Crippen LogP contribution in [0.15, 0.2) is 18.2 Å². The molecule has 14 heteroatoms. The van der Waals surface area contributed by atoms with Crippen molar-refractivity contribution in [1.29, 1.82) is 10.5 Å². The lowest BCUT2D eigenvalue weighted by Crippen LogP contribution is -2.54. The third kappa shape index (κ3) is 5.34. The fraction of sp³-hybridized carbons (Fsp3) is 0.486. The van der Waals surface area contributed by atoms with Crippen LogP contribution in [0.3, 0.4) is 0 Å². The van der Waals surface area contributed by atoms with Crippen LogP contribution in [0.4, 0.5) is 24.0 Å². The molecular formula is C35H34ClF3N8OS. The van der Waals surface area contributed by atoms with E-state index < -0.39 is 23.3 Å². The van der Waals surface area contributed by atoms with Gasteiger partial charge in [-0.05, 0) is 62.9 Å². The number of piperazine rings is 1. The van der Waals surface area contributed by atoms with E-state index in [-0.39, 0.29) is 67.0 Å². The molecule has 4 aliphatic heterocycles. The Bertz CT molecular complexity index is 2050. The molecule has 8 rings (SSSR count). The molecule has 4 aromatic rings. The van der Waals surface area contributed by atoms with E-state index in [1.165, 1.54) is 12.1 Å². The molecule has 0 radical (unpaired) electrons. The van der Waals surface area contributed by atoms with E-state index in [9.17, 15) is 14.0 Å². The van der Waals surface area contributed by atoms with Gasteiger partial charge in [0.25, 0.3) is 0 Å². The molecule has 254 valence electrons. The van der Waals surface area contributed by atoms with Crippen LogP contribution in [0.1, 0.15) is 50.5 Å². The van der Waals surface area contributed by atoms with Gasteiger partial charge in [-0.3, -0.25) is 9.80 Å². The highest BCUT2D eigenvalue weighted by molar-refractivity contribution is 7.23. The van der Waals surface area contributed by atoms with Crippen molar-refractivity contribution in [3.8, 4) is 29.3 Å². The highest BCUT2D eigenvalue weighted by Gasteiger charge is 2.49. The molecule has 4 saturated heterocycles. The molecule has 4 fully saturated rings. The van der Waals surface area contributed by atoms with E-state index in [4.69, 9.17) is 32.3 Å². The number of aromatic nitrogens is 2. The summed E-state index contributed by atoms with van der Waals surface area (Å²) in [5.41, 5.74) is 5.88. The summed E-state index contributed by atoms with van der Waals surface area (Å²) >= 11 is 7.82. The first-order valence-electron chi connectivity index (χ1n) is 16.7. The predicted molar refractivity (Wildman–Crippen MR) is 184 cm³/mol. The quantitative estimate of drug-likeness (QED) is 0.197. The second kappa shape index (κ2) is 12.5. The minimum atomic E-state index is -0.934. The van der Waals surface area contributed by atoms with Gasteiger partial charge in [0.15, 0.2) is 5.82 Å². The molecule has 49 heavy (non-hydrogen) atoms. The van der Waals surface area contributed by atoms with Gasteiger partial charge in [0, 0.05) is 60.9 Å². The van der Waals surface area contributed by atoms with E-state index >= 15 is 4.39 Å². The lowest BCUT2D eigenvalue weighted by atomic mass is 9.95. The number of halogens is 4. The zero-order chi connectivity index (χ0) is 34.0. The number of nitrogen functional groups attached to an aromatic ring is 1. The number of nitriles is 2. The van der Waals surface area contributed by atoms with Crippen LogP contribution in [0.2, 0.25) is 5.02 Å². The first-order chi connectivity index (χ1) is 23.7. The molecule has 2 N–H and O–H groups in total. The van der Waals surface area contributed by atoms with Crippen molar-refractivity contribution in [2.45, 2.75) is 68.7 Å². The Morgan fingerprint density at radius 2 is 1.94 bits per heavy atom. The number of fused-ring (bicyclic) bond motifs is 5. The number of alkyl halides is 1. The van der Waals surface area contributed by atoms with Crippen molar-refractivity contribution in [1.82, 2.24) is 19.8 Å². The Kier molecular flexibility index (Phi) is 8.23. The van der Waals surface area contributed by atoms with Crippen molar-refractivity contribution in [2.24, 2.45) is 0 Å². The number of unbranched alkanes of at least 4 members (excludes halogenated alkanes) is 1. The summed E-state index contributed by atoms with van der Waals surface area (Å²) < 4.78 is 53.0. The van der Waals surface area contributed by atoms with Gasteiger partial charge in [-0.15, -0.1) is 11.3 Å². The van der Waals surface area contributed by atoms with Gasteiger partial charge in [0.2, 0.25) is 0 Å². The molecule has 4 aliphatic rings. The molecule has 0 aliphatic carbocycles. The van der Waals surface area contributed by atoms with E-state index in [0.29, 0.717) is 43.7 Å². The molecule has 2 aromatic heterocycles. The lowest BCUT2D eigenvalue weighted by Gasteiger charge is -2.42. The number of anilines is 2. The maximum Gasteiger partial charge on any atom is 0.319 e. The zero-order valence-corrected chi connectivity index (χ0v) is 28.3. The Morgan fingerprint density at radius 3 is 2.69 bits per heavy atom. The highest BCUT2D eigenvalue weighted by Crippen LogP contribution is 2.47. The zero-order valence-electron chi connectivity index (χ0n) is 26.7. The minimum absolute atomic E-state index is 0.0104. The summed E-state index contributed by atoms with van der Waals surface area (Å²) in [4.78, 5) is 16.2. The number of benzene rings is 2. The van der Waals surface area contributed by atoms with E-state index in [1.807, 2.05) is 6.07 Å². The summed E-state index contributed by atoms with van der Waals surface area (Å²) in [5, 5.41) is 19.7. The summed E-state index contributed by atoms with van der Waals surface area (Å²) in [6.45, 7) is 3.49. The Balaban J connectivity index is 1.24. The monoisotopic (exact) mass is 706 g/mol. The molecule has 9 nitrogen and oxygen atoms in total. The van der Waals surface area contributed by atoms with E-state index in [0.717, 1.165) is 56.5 Å². The summed E-state index contributed by atoms with van der Waals surface area (Å²) in [5.74, 6) is -0.821. The van der Waals surface area contributed by atoms with Crippen LogP contribution in [0, 0.1) is 34.3 Å². The van der Waals surface area contributed by atoms with Crippen LogP contribution in [-0.4, -0.2) is 82.9 Å². The van der Waals surface area contributed by atoms with Gasteiger partial charge in [-0.1, -0.05) is 17.7 Å². The van der Waals surface area contributed by atoms with Crippen LogP contribution in [0.5, 0.6) is 6.01 Å².